The van der Waals surface area contributed by atoms with Gasteiger partial charge in [-0.1, -0.05) is 65.2 Å². The van der Waals surface area contributed by atoms with E-state index >= 15 is 0 Å². The number of hydrogen-bond acceptors (Lipinski definition) is 2. The van der Waals surface area contributed by atoms with E-state index in [0.717, 1.165) is 18.9 Å². The van der Waals surface area contributed by atoms with Crippen LogP contribution in [-0.2, 0) is 4.74 Å². The predicted octanol–water partition coefficient (Wildman–Crippen LogP) is 4.94. The Morgan fingerprint density at radius 3 is 1.74 bits per heavy atom. The Balaban J connectivity index is 2.95. The number of hydrogen-bond donors (Lipinski definition) is 1. The molecule has 0 aliphatic heterocycles. The predicted molar refractivity (Wildman–Crippen MR) is 83.5 cm³/mol. The average Bonchev–Trinajstić information content (AvgIpc) is 2.34. The van der Waals surface area contributed by atoms with Crippen molar-refractivity contribution in [1.29, 1.82) is 0 Å². The zero-order valence-corrected chi connectivity index (χ0v) is 13.5. The van der Waals surface area contributed by atoms with E-state index in [1.54, 1.807) is 0 Å². The second-order valence-corrected chi connectivity index (χ2v) is 6.26. The highest BCUT2D eigenvalue weighted by atomic mass is 16.5. The van der Waals surface area contributed by atoms with Gasteiger partial charge in [-0.3, -0.25) is 0 Å². The van der Waals surface area contributed by atoms with Crippen LogP contribution in [0.2, 0.25) is 0 Å². The maximum atomic E-state index is 9.06. The minimum Gasteiger partial charge on any atom is -0.393 e. The molecule has 0 aliphatic carbocycles. The van der Waals surface area contributed by atoms with Crippen molar-refractivity contribution in [2.75, 3.05) is 13.2 Å². The molecule has 0 radical (unpaired) electrons. The van der Waals surface area contributed by atoms with Crippen molar-refractivity contribution in [2.45, 2.75) is 91.1 Å². The minimum atomic E-state index is -0.226. The van der Waals surface area contributed by atoms with E-state index < -0.39 is 0 Å². The molecule has 19 heavy (non-hydrogen) atoms. The van der Waals surface area contributed by atoms with Gasteiger partial charge in [0.05, 0.1) is 6.10 Å². The van der Waals surface area contributed by atoms with Gasteiger partial charge in [0.1, 0.15) is 0 Å². The molecule has 0 amide bonds. The minimum absolute atomic E-state index is 0.226. The standard InChI is InChI=1S/C17H36O2/c1-16(2)12-10-8-6-4-5-7-9-11-14-19-15-13-17(3)18/h16-18H,4-15H2,1-3H3. The van der Waals surface area contributed by atoms with Crippen LogP contribution in [0, 0.1) is 5.92 Å². The van der Waals surface area contributed by atoms with Gasteiger partial charge in [-0.2, -0.15) is 0 Å². The first-order valence-corrected chi connectivity index (χ1v) is 8.38. The Hall–Kier alpha value is -0.0800. The van der Waals surface area contributed by atoms with E-state index in [9.17, 15) is 0 Å². The molecule has 0 spiro atoms. The lowest BCUT2D eigenvalue weighted by molar-refractivity contribution is 0.0870. The summed E-state index contributed by atoms with van der Waals surface area (Å²) >= 11 is 0. The molecular weight excluding hydrogens is 236 g/mol. The van der Waals surface area contributed by atoms with Crippen LogP contribution >= 0.6 is 0 Å². The van der Waals surface area contributed by atoms with Crippen LogP contribution in [0.25, 0.3) is 0 Å². The first-order chi connectivity index (χ1) is 9.13. The summed E-state index contributed by atoms with van der Waals surface area (Å²) < 4.78 is 5.47. The largest absolute Gasteiger partial charge is 0.393 e. The van der Waals surface area contributed by atoms with Crippen LogP contribution in [0.1, 0.15) is 85.0 Å². The third kappa shape index (κ3) is 17.9. The highest BCUT2D eigenvalue weighted by Gasteiger charge is 1.97. The molecule has 2 nitrogen and oxygen atoms in total. The lowest BCUT2D eigenvalue weighted by Crippen LogP contribution is -2.06. The van der Waals surface area contributed by atoms with Crippen LogP contribution < -0.4 is 0 Å². The van der Waals surface area contributed by atoms with E-state index in [4.69, 9.17) is 9.84 Å². The van der Waals surface area contributed by atoms with Gasteiger partial charge in [-0.15, -0.1) is 0 Å². The normalized spacial score (nSPS) is 13.1. The van der Waals surface area contributed by atoms with Crippen molar-refractivity contribution in [2.24, 2.45) is 5.92 Å². The molecule has 116 valence electrons. The number of aliphatic hydroxyl groups excluding tert-OH is 1. The summed E-state index contributed by atoms with van der Waals surface area (Å²) in [6.45, 7) is 7.99. The van der Waals surface area contributed by atoms with Crippen LogP contribution in [-0.4, -0.2) is 24.4 Å². The van der Waals surface area contributed by atoms with E-state index in [0.29, 0.717) is 6.61 Å². The van der Waals surface area contributed by atoms with Crippen molar-refractivity contribution < 1.29 is 9.84 Å². The average molecular weight is 272 g/mol. The van der Waals surface area contributed by atoms with E-state index in [1.807, 2.05) is 6.92 Å². The Morgan fingerprint density at radius 2 is 1.21 bits per heavy atom. The molecule has 0 saturated carbocycles. The molecule has 1 N–H and O–H groups in total. The van der Waals surface area contributed by atoms with Crippen LogP contribution in [0.15, 0.2) is 0 Å². The van der Waals surface area contributed by atoms with Gasteiger partial charge in [-0.05, 0) is 25.7 Å². The lowest BCUT2D eigenvalue weighted by atomic mass is 10.0. The van der Waals surface area contributed by atoms with Gasteiger partial charge in [0.25, 0.3) is 0 Å². The van der Waals surface area contributed by atoms with Crippen molar-refractivity contribution in [3.8, 4) is 0 Å². The highest BCUT2D eigenvalue weighted by Crippen LogP contribution is 2.12. The first kappa shape index (κ1) is 18.9. The van der Waals surface area contributed by atoms with Gasteiger partial charge in [0.15, 0.2) is 0 Å². The topological polar surface area (TPSA) is 29.5 Å². The number of rotatable bonds is 14. The molecule has 0 heterocycles. The summed E-state index contributed by atoms with van der Waals surface area (Å²) in [5.41, 5.74) is 0. The van der Waals surface area contributed by atoms with Gasteiger partial charge in [0, 0.05) is 13.2 Å². The summed E-state index contributed by atoms with van der Waals surface area (Å²) in [7, 11) is 0. The second-order valence-electron chi connectivity index (χ2n) is 6.26. The first-order valence-electron chi connectivity index (χ1n) is 8.38. The molecule has 0 bridgehead atoms. The van der Waals surface area contributed by atoms with Gasteiger partial charge in [0.2, 0.25) is 0 Å². The van der Waals surface area contributed by atoms with E-state index in [1.165, 1.54) is 57.8 Å². The fourth-order valence-corrected chi connectivity index (χ4v) is 2.17. The SMILES string of the molecule is CC(C)CCCCCCCCCCOCCC(C)O. The molecule has 1 unspecified atom stereocenters. The highest BCUT2D eigenvalue weighted by molar-refractivity contribution is 4.50. The Morgan fingerprint density at radius 1 is 0.684 bits per heavy atom. The number of ether oxygens (including phenoxy) is 1. The number of unbranched alkanes of at least 4 members (excludes halogenated alkanes) is 7. The molecule has 0 aromatic heterocycles. The molecule has 0 fully saturated rings. The zero-order valence-electron chi connectivity index (χ0n) is 13.5. The summed E-state index contributed by atoms with van der Waals surface area (Å²) in [4.78, 5) is 0. The maximum absolute atomic E-state index is 9.06. The van der Waals surface area contributed by atoms with Crippen LogP contribution in [0.3, 0.4) is 0 Å². The van der Waals surface area contributed by atoms with Crippen molar-refractivity contribution in [3.63, 3.8) is 0 Å². The summed E-state index contributed by atoms with van der Waals surface area (Å²) in [6, 6.07) is 0. The Kier molecular flexibility index (Phi) is 14.3. The van der Waals surface area contributed by atoms with Gasteiger partial charge >= 0.3 is 0 Å². The lowest BCUT2D eigenvalue weighted by Gasteiger charge is -2.06. The molecule has 0 saturated heterocycles. The van der Waals surface area contributed by atoms with Crippen molar-refractivity contribution >= 4 is 0 Å². The smallest absolute Gasteiger partial charge is 0.0534 e. The number of aliphatic hydroxyl groups is 1. The molecule has 0 aliphatic rings. The van der Waals surface area contributed by atoms with E-state index in [2.05, 4.69) is 13.8 Å². The zero-order chi connectivity index (χ0) is 14.3. The second kappa shape index (κ2) is 14.3. The summed E-state index contributed by atoms with van der Waals surface area (Å²) in [6.07, 6.45) is 12.8. The van der Waals surface area contributed by atoms with E-state index in [-0.39, 0.29) is 6.10 Å². The Bertz CT molecular complexity index is 149. The third-order valence-electron chi connectivity index (χ3n) is 3.50. The molecule has 1 atom stereocenters. The summed E-state index contributed by atoms with van der Waals surface area (Å²) in [5.74, 6) is 0.869. The van der Waals surface area contributed by atoms with Gasteiger partial charge < -0.3 is 9.84 Å². The molecule has 2 heteroatoms. The molecule has 0 aromatic carbocycles. The van der Waals surface area contributed by atoms with Crippen LogP contribution in [0.4, 0.5) is 0 Å². The van der Waals surface area contributed by atoms with Crippen molar-refractivity contribution in [3.05, 3.63) is 0 Å². The fourth-order valence-electron chi connectivity index (χ4n) is 2.17. The molecule has 0 aromatic rings. The maximum Gasteiger partial charge on any atom is 0.0534 e. The molecular formula is C17H36O2. The Labute approximate surface area is 120 Å². The summed E-state index contributed by atoms with van der Waals surface area (Å²) in [5, 5.41) is 9.06. The third-order valence-corrected chi connectivity index (χ3v) is 3.50. The van der Waals surface area contributed by atoms with Crippen LogP contribution in [0.5, 0.6) is 0 Å². The van der Waals surface area contributed by atoms with Crippen molar-refractivity contribution in [1.82, 2.24) is 0 Å². The monoisotopic (exact) mass is 272 g/mol. The van der Waals surface area contributed by atoms with Gasteiger partial charge in [-0.25, -0.2) is 0 Å². The quantitative estimate of drug-likeness (QED) is 0.454. The fraction of sp³-hybridized carbons (Fsp3) is 1.00. The molecule has 0 rings (SSSR count).